The first-order valence-corrected chi connectivity index (χ1v) is 12.0. The van der Waals surface area contributed by atoms with E-state index in [1.54, 1.807) is 30.3 Å². The van der Waals surface area contributed by atoms with Gasteiger partial charge in [0.15, 0.2) is 17.0 Å². The lowest BCUT2D eigenvalue weighted by Crippen LogP contribution is -2.54. The molecule has 8 nitrogen and oxygen atoms in total. The fourth-order valence-electron chi connectivity index (χ4n) is 5.36. The fraction of sp³-hybridized carbons (Fsp3) is 0.269. The van der Waals surface area contributed by atoms with Crippen molar-refractivity contribution in [2.45, 2.75) is 37.1 Å². The van der Waals surface area contributed by atoms with E-state index in [4.69, 9.17) is 9.47 Å². The largest absolute Gasteiger partial charge is 0.493 e. The van der Waals surface area contributed by atoms with Crippen molar-refractivity contribution in [1.29, 1.82) is 0 Å². The molecule has 2 heterocycles. The Morgan fingerprint density at radius 3 is 2.54 bits per heavy atom. The van der Waals surface area contributed by atoms with Gasteiger partial charge in [-0.1, -0.05) is 48.5 Å². The van der Waals surface area contributed by atoms with Crippen LogP contribution in [0.2, 0.25) is 0 Å². The molecule has 0 bridgehead atoms. The Bertz CT molecular complexity index is 1300. The number of para-hydroxylation sites is 1. The van der Waals surface area contributed by atoms with Crippen molar-refractivity contribution in [3.05, 3.63) is 98.0 Å². The molecule has 0 radical (unpaired) electrons. The lowest BCUT2D eigenvalue weighted by atomic mass is 9.78. The molecule has 2 aliphatic heterocycles. The Morgan fingerprint density at radius 1 is 1.11 bits per heavy atom. The van der Waals surface area contributed by atoms with E-state index >= 15 is 0 Å². The van der Waals surface area contributed by atoms with Gasteiger partial charge >= 0.3 is 0 Å². The Hall–Kier alpha value is -3.43. The van der Waals surface area contributed by atoms with E-state index in [0.717, 1.165) is 5.56 Å². The normalized spacial score (nSPS) is 24.8. The maximum Gasteiger partial charge on any atom is 0.256 e. The smallest absolute Gasteiger partial charge is 0.256 e. The number of nitrogens with zero attached hydrogens (tertiary/aromatic N) is 1. The second-order valence-corrected chi connectivity index (χ2v) is 9.66. The van der Waals surface area contributed by atoms with Crippen molar-refractivity contribution in [1.82, 2.24) is 5.32 Å². The van der Waals surface area contributed by atoms with Gasteiger partial charge < -0.3 is 14.8 Å². The van der Waals surface area contributed by atoms with Crippen LogP contribution in [-0.4, -0.2) is 30.0 Å². The highest BCUT2D eigenvalue weighted by Crippen LogP contribution is 2.51. The highest BCUT2D eigenvalue weighted by atomic mass is 79.9. The summed E-state index contributed by atoms with van der Waals surface area (Å²) in [5, 5.41) is 18.6. The summed E-state index contributed by atoms with van der Waals surface area (Å²) in [5.41, 5.74) is 1.40. The molecule has 0 unspecified atom stereocenters. The predicted molar refractivity (Wildman–Crippen MR) is 134 cm³/mol. The minimum absolute atomic E-state index is 0.341. The molecule has 3 aromatic carbocycles. The molecule has 2 N–H and O–H groups in total. The summed E-state index contributed by atoms with van der Waals surface area (Å²) in [6.07, 6.45) is 0. The Labute approximate surface area is 210 Å². The zero-order valence-electron chi connectivity index (χ0n) is 19.2. The van der Waals surface area contributed by atoms with Crippen molar-refractivity contribution in [2.75, 3.05) is 12.4 Å². The number of hydrogen-bond donors (Lipinski definition) is 2. The zero-order valence-corrected chi connectivity index (χ0v) is 20.7. The van der Waals surface area contributed by atoms with E-state index in [2.05, 4.69) is 26.6 Å². The molecule has 4 atom stereocenters. The van der Waals surface area contributed by atoms with Gasteiger partial charge in [0.05, 0.1) is 17.5 Å². The number of methoxy groups -OCH3 is 1. The van der Waals surface area contributed by atoms with E-state index in [9.17, 15) is 14.9 Å². The molecule has 3 aromatic rings. The maximum absolute atomic E-state index is 13.2. The van der Waals surface area contributed by atoms with Gasteiger partial charge in [0.2, 0.25) is 0 Å². The van der Waals surface area contributed by atoms with Gasteiger partial charge in [-0.15, -0.1) is 0 Å². The van der Waals surface area contributed by atoms with Crippen LogP contribution in [0.25, 0.3) is 0 Å². The number of nitro groups is 1. The summed E-state index contributed by atoms with van der Waals surface area (Å²) in [6.45, 7) is 2.21. The molecule has 2 aliphatic rings. The highest BCUT2D eigenvalue weighted by Gasteiger charge is 2.67. The molecule has 9 heteroatoms. The topological polar surface area (TPSA) is 103 Å². The van der Waals surface area contributed by atoms with E-state index < -0.39 is 23.4 Å². The first-order chi connectivity index (χ1) is 16.9. The van der Waals surface area contributed by atoms with Crippen LogP contribution < -0.4 is 20.1 Å². The third-order valence-corrected chi connectivity index (χ3v) is 7.41. The van der Waals surface area contributed by atoms with E-state index in [1.807, 2.05) is 43.3 Å². The summed E-state index contributed by atoms with van der Waals surface area (Å²) in [7, 11) is 1.53. The van der Waals surface area contributed by atoms with Crippen LogP contribution in [0.15, 0.2) is 71.2 Å². The first kappa shape index (κ1) is 23.3. The predicted octanol–water partition coefficient (Wildman–Crippen LogP) is 4.60. The van der Waals surface area contributed by atoms with Crippen molar-refractivity contribution < 1.29 is 19.2 Å². The Kier molecular flexibility index (Phi) is 5.98. The van der Waals surface area contributed by atoms with Gasteiger partial charge in [0.1, 0.15) is 6.61 Å². The zero-order chi connectivity index (χ0) is 24.7. The van der Waals surface area contributed by atoms with E-state index in [1.165, 1.54) is 7.11 Å². The third kappa shape index (κ3) is 3.75. The molecule has 0 aromatic heterocycles. The number of benzene rings is 3. The molecule has 1 amide bonds. The van der Waals surface area contributed by atoms with E-state index in [-0.39, 0.29) is 11.0 Å². The van der Waals surface area contributed by atoms with Crippen LogP contribution >= 0.6 is 15.9 Å². The minimum atomic E-state index is -1.47. The van der Waals surface area contributed by atoms with Crippen LogP contribution in [-0.2, 0) is 16.9 Å². The van der Waals surface area contributed by atoms with Crippen molar-refractivity contribution in [3.63, 3.8) is 0 Å². The van der Waals surface area contributed by atoms with Gasteiger partial charge in [-0.3, -0.25) is 20.2 Å². The number of halogens is 1. The number of nitrogens with one attached hydrogen (secondary N) is 2. The number of carbonyl (C=O) groups is 1. The quantitative estimate of drug-likeness (QED) is 0.351. The molecule has 0 aliphatic carbocycles. The standard InChI is InChI=1S/C26H24BrN3O5/c1-15-22(24(30(32)33)26(29-15)18-10-6-7-11-20(18)28-25(26)31)17-12-19(27)23(21(13-17)34-2)35-14-16-8-4-3-5-9-16/h3-13,15,22,24,29H,14H2,1-2H3,(H,28,31)/t15-,22-,24+,26+/m0/s1. The average Bonchev–Trinajstić information content (AvgIpc) is 3.32. The molecule has 180 valence electrons. The maximum atomic E-state index is 13.2. The second kappa shape index (κ2) is 8.98. The number of hydrogen-bond acceptors (Lipinski definition) is 6. The van der Waals surface area contributed by atoms with Crippen LogP contribution in [0, 0.1) is 10.1 Å². The van der Waals surface area contributed by atoms with Gasteiger partial charge in [0.25, 0.3) is 11.9 Å². The molecule has 5 rings (SSSR count). The van der Waals surface area contributed by atoms with Crippen LogP contribution in [0.1, 0.15) is 29.5 Å². The average molecular weight is 538 g/mol. The third-order valence-electron chi connectivity index (χ3n) is 6.83. The molecule has 35 heavy (non-hydrogen) atoms. The fourth-order valence-corrected chi connectivity index (χ4v) is 5.93. The van der Waals surface area contributed by atoms with Gasteiger partial charge in [-0.05, 0) is 52.2 Å². The van der Waals surface area contributed by atoms with Crippen LogP contribution in [0.4, 0.5) is 5.69 Å². The van der Waals surface area contributed by atoms with Crippen molar-refractivity contribution in [2.24, 2.45) is 0 Å². The van der Waals surface area contributed by atoms with Gasteiger partial charge in [-0.2, -0.15) is 0 Å². The number of amides is 1. The van der Waals surface area contributed by atoms with Gasteiger partial charge in [0, 0.05) is 22.2 Å². The second-order valence-electron chi connectivity index (χ2n) is 8.81. The van der Waals surface area contributed by atoms with Crippen LogP contribution in [0.3, 0.4) is 0 Å². The van der Waals surface area contributed by atoms with Crippen molar-refractivity contribution in [3.8, 4) is 11.5 Å². The number of rotatable bonds is 6. The molecule has 0 saturated carbocycles. The number of carbonyl (C=O) groups excluding carboxylic acids is 1. The molecule has 1 fully saturated rings. The number of anilines is 1. The highest BCUT2D eigenvalue weighted by molar-refractivity contribution is 9.10. The molecule has 1 saturated heterocycles. The lowest BCUT2D eigenvalue weighted by molar-refractivity contribution is -0.532. The Balaban J connectivity index is 1.54. The summed E-state index contributed by atoms with van der Waals surface area (Å²) in [5.74, 6) is -0.0502. The van der Waals surface area contributed by atoms with E-state index in [0.29, 0.717) is 39.4 Å². The van der Waals surface area contributed by atoms with Crippen molar-refractivity contribution >= 4 is 27.5 Å². The number of fused-ring (bicyclic) bond motifs is 2. The lowest BCUT2D eigenvalue weighted by Gasteiger charge is -2.25. The van der Waals surface area contributed by atoms with Gasteiger partial charge in [-0.25, -0.2) is 0 Å². The SMILES string of the molecule is COc1cc([C@@H]2[C@H](C)N[C@@]3(C(=O)Nc4ccccc43)[C@@H]2[N+](=O)[O-])cc(Br)c1OCc1ccccc1. The summed E-state index contributed by atoms with van der Waals surface area (Å²) < 4.78 is 12.3. The molecule has 1 spiro atoms. The Morgan fingerprint density at radius 2 is 1.83 bits per heavy atom. The first-order valence-electron chi connectivity index (χ1n) is 11.2. The molecular weight excluding hydrogens is 514 g/mol. The monoisotopic (exact) mass is 537 g/mol. The summed E-state index contributed by atoms with van der Waals surface area (Å²) >= 11 is 3.57. The number of ether oxygens (including phenoxy) is 2. The summed E-state index contributed by atoms with van der Waals surface area (Å²) in [6, 6.07) is 18.8. The minimum Gasteiger partial charge on any atom is -0.493 e. The molecular formula is C26H24BrN3O5. The van der Waals surface area contributed by atoms with Crippen LogP contribution in [0.5, 0.6) is 11.5 Å². The summed E-state index contributed by atoms with van der Waals surface area (Å²) in [4.78, 5) is 25.4.